The molecule has 2 aliphatic rings. The molecule has 0 radical (unpaired) electrons. The first-order valence-corrected chi connectivity index (χ1v) is 7.95. The van der Waals surface area contributed by atoms with Crippen LogP contribution >= 0.6 is 0 Å². The topological polar surface area (TPSA) is 92.1 Å². The highest BCUT2D eigenvalue weighted by Gasteiger charge is 2.55. The highest BCUT2D eigenvalue weighted by molar-refractivity contribution is 5.83. The van der Waals surface area contributed by atoms with Crippen molar-refractivity contribution in [2.45, 2.75) is 38.3 Å². The molecule has 1 aliphatic carbocycles. The van der Waals surface area contributed by atoms with Crippen LogP contribution in [0, 0.1) is 23.0 Å². The van der Waals surface area contributed by atoms with Crippen LogP contribution < -0.4 is 0 Å². The standard InChI is InChI=1S/C16H18N4O3/c1-9-4-5-11-12(7-9)18-15(17-11)13-3-2-6-19(13)16(21)10-8-14(10)20(22)23/h4-5,7,10,13-14H,2-3,6,8H2,1H3,(H,17,18)/t10-,13-,14-/m0/s1. The number of benzene rings is 1. The molecular weight excluding hydrogens is 296 g/mol. The molecule has 1 aromatic carbocycles. The number of H-pyrrole nitrogens is 1. The predicted octanol–water partition coefficient (Wildman–Crippen LogP) is 2.20. The van der Waals surface area contributed by atoms with Gasteiger partial charge in [0.15, 0.2) is 0 Å². The van der Waals surface area contributed by atoms with E-state index in [2.05, 4.69) is 9.97 Å². The minimum Gasteiger partial charge on any atom is -0.340 e. The van der Waals surface area contributed by atoms with Crippen molar-refractivity contribution in [1.29, 1.82) is 0 Å². The van der Waals surface area contributed by atoms with Gasteiger partial charge >= 0.3 is 0 Å². The number of hydrogen-bond acceptors (Lipinski definition) is 4. The van der Waals surface area contributed by atoms with Crippen LogP contribution in [0.2, 0.25) is 0 Å². The number of aromatic amines is 1. The summed E-state index contributed by atoms with van der Waals surface area (Å²) in [6.45, 7) is 2.68. The number of aryl methyl sites for hydroxylation is 1. The van der Waals surface area contributed by atoms with Crippen molar-refractivity contribution in [3.05, 3.63) is 39.7 Å². The van der Waals surface area contributed by atoms with E-state index in [4.69, 9.17) is 0 Å². The second-order valence-electron chi connectivity index (χ2n) is 6.53. The highest BCUT2D eigenvalue weighted by atomic mass is 16.6. The van der Waals surface area contributed by atoms with Crippen LogP contribution in [-0.4, -0.2) is 38.3 Å². The largest absolute Gasteiger partial charge is 0.340 e. The van der Waals surface area contributed by atoms with Crippen LogP contribution in [-0.2, 0) is 4.79 Å². The van der Waals surface area contributed by atoms with Gasteiger partial charge in [-0.1, -0.05) is 6.07 Å². The Balaban J connectivity index is 1.59. The third-order valence-corrected chi connectivity index (χ3v) is 4.85. The maximum atomic E-state index is 12.6. The average molecular weight is 314 g/mol. The van der Waals surface area contributed by atoms with Crippen LogP contribution in [0.3, 0.4) is 0 Å². The fraction of sp³-hybridized carbons (Fsp3) is 0.500. The Kier molecular flexibility index (Phi) is 3.11. The van der Waals surface area contributed by atoms with Crippen LogP contribution in [0.15, 0.2) is 18.2 Å². The Bertz CT molecular complexity index is 800. The van der Waals surface area contributed by atoms with Gasteiger partial charge in [0.05, 0.1) is 17.1 Å². The van der Waals surface area contributed by atoms with Crippen LogP contribution in [0.4, 0.5) is 0 Å². The molecule has 4 rings (SSSR count). The molecule has 1 aromatic heterocycles. The number of fused-ring (bicyclic) bond motifs is 1. The molecule has 120 valence electrons. The third kappa shape index (κ3) is 2.36. The molecule has 0 spiro atoms. The zero-order valence-electron chi connectivity index (χ0n) is 12.9. The Morgan fingerprint density at radius 1 is 1.48 bits per heavy atom. The molecule has 7 nitrogen and oxygen atoms in total. The maximum Gasteiger partial charge on any atom is 0.233 e. The molecule has 1 saturated carbocycles. The molecule has 0 unspecified atom stereocenters. The van der Waals surface area contributed by atoms with Crippen molar-refractivity contribution in [3.63, 3.8) is 0 Å². The van der Waals surface area contributed by atoms with Crippen molar-refractivity contribution >= 4 is 16.9 Å². The van der Waals surface area contributed by atoms with E-state index in [1.807, 2.05) is 25.1 Å². The van der Waals surface area contributed by atoms with Crippen LogP contribution in [0.1, 0.15) is 36.7 Å². The van der Waals surface area contributed by atoms with Gasteiger partial charge in [0.1, 0.15) is 11.7 Å². The molecule has 1 saturated heterocycles. The summed E-state index contributed by atoms with van der Waals surface area (Å²) in [5.41, 5.74) is 3.01. The molecule has 2 aromatic rings. The van der Waals surface area contributed by atoms with Crippen molar-refractivity contribution in [2.75, 3.05) is 6.54 Å². The lowest BCUT2D eigenvalue weighted by atomic mass is 10.2. The summed E-state index contributed by atoms with van der Waals surface area (Å²) in [6, 6.07) is 5.23. The van der Waals surface area contributed by atoms with Gasteiger partial charge in [-0.05, 0) is 37.5 Å². The fourth-order valence-electron chi connectivity index (χ4n) is 3.51. The summed E-state index contributed by atoms with van der Waals surface area (Å²) in [6.07, 6.45) is 2.12. The number of nitrogens with zero attached hydrogens (tertiary/aromatic N) is 3. The minimum atomic E-state index is -0.693. The van der Waals surface area contributed by atoms with E-state index in [1.165, 1.54) is 0 Å². The van der Waals surface area contributed by atoms with E-state index < -0.39 is 12.0 Å². The number of rotatable bonds is 3. The first kappa shape index (κ1) is 14.2. The highest BCUT2D eigenvalue weighted by Crippen LogP contribution is 2.40. The summed E-state index contributed by atoms with van der Waals surface area (Å²) < 4.78 is 0. The van der Waals surface area contributed by atoms with E-state index in [0.717, 1.165) is 35.3 Å². The number of nitro groups is 1. The second-order valence-corrected chi connectivity index (χ2v) is 6.53. The molecular formula is C16H18N4O3. The predicted molar refractivity (Wildman–Crippen MR) is 83.4 cm³/mol. The van der Waals surface area contributed by atoms with Gasteiger partial charge in [0, 0.05) is 17.9 Å². The number of aromatic nitrogens is 2. The Labute approximate surface area is 132 Å². The van der Waals surface area contributed by atoms with E-state index in [-0.39, 0.29) is 16.9 Å². The van der Waals surface area contributed by atoms with E-state index in [0.29, 0.717) is 13.0 Å². The maximum absolute atomic E-state index is 12.6. The Morgan fingerprint density at radius 3 is 3.04 bits per heavy atom. The summed E-state index contributed by atoms with van der Waals surface area (Å²) in [4.78, 5) is 32.7. The molecule has 23 heavy (non-hydrogen) atoms. The lowest BCUT2D eigenvalue weighted by Crippen LogP contribution is -2.33. The number of carbonyl (C=O) groups is 1. The van der Waals surface area contributed by atoms with Crippen molar-refractivity contribution in [2.24, 2.45) is 5.92 Å². The molecule has 1 N–H and O–H groups in total. The van der Waals surface area contributed by atoms with Gasteiger partial charge in [-0.15, -0.1) is 0 Å². The quantitative estimate of drug-likeness (QED) is 0.694. The van der Waals surface area contributed by atoms with Crippen molar-refractivity contribution in [1.82, 2.24) is 14.9 Å². The lowest BCUT2D eigenvalue weighted by molar-refractivity contribution is -0.497. The average Bonchev–Trinajstić information content (AvgIpc) is 2.99. The monoisotopic (exact) mass is 314 g/mol. The number of likely N-dealkylation sites (tertiary alicyclic amines) is 1. The minimum absolute atomic E-state index is 0.0918. The van der Waals surface area contributed by atoms with Gasteiger partial charge in [0.25, 0.3) is 0 Å². The Hall–Kier alpha value is -2.44. The zero-order valence-corrected chi connectivity index (χ0v) is 12.9. The summed E-state index contributed by atoms with van der Waals surface area (Å²) in [5.74, 6) is 0.248. The third-order valence-electron chi connectivity index (χ3n) is 4.85. The van der Waals surface area contributed by atoms with Gasteiger partial charge in [0.2, 0.25) is 11.9 Å². The van der Waals surface area contributed by atoms with E-state index >= 15 is 0 Å². The summed E-state index contributed by atoms with van der Waals surface area (Å²) >= 11 is 0. The van der Waals surface area contributed by atoms with Crippen molar-refractivity contribution < 1.29 is 9.72 Å². The SMILES string of the molecule is Cc1ccc2nc([C@@H]3CCCN3C(=O)[C@H]3C[C@@H]3[N+](=O)[O-])[nH]c2c1. The van der Waals surface area contributed by atoms with Gasteiger partial charge in [-0.3, -0.25) is 14.9 Å². The molecule has 1 aliphatic heterocycles. The zero-order chi connectivity index (χ0) is 16.1. The lowest BCUT2D eigenvalue weighted by Gasteiger charge is -2.22. The molecule has 2 fully saturated rings. The molecule has 3 atom stereocenters. The second kappa shape index (κ2) is 5.04. The first-order chi connectivity index (χ1) is 11.0. The molecule has 2 heterocycles. The molecule has 1 amide bonds. The van der Waals surface area contributed by atoms with Gasteiger partial charge in [-0.25, -0.2) is 4.98 Å². The smallest absolute Gasteiger partial charge is 0.233 e. The van der Waals surface area contributed by atoms with Gasteiger partial charge in [-0.2, -0.15) is 0 Å². The van der Waals surface area contributed by atoms with Crippen LogP contribution in [0.5, 0.6) is 0 Å². The van der Waals surface area contributed by atoms with Crippen molar-refractivity contribution in [3.8, 4) is 0 Å². The van der Waals surface area contributed by atoms with Crippen LogP contribution in [0.25, 0.3) is 11.0 Å². The number of carbonyl (C=O) groups excluding carboxylic acids is 1. The van der Waals surface area contributed by atoms with E-state index in [1.54, 1.807) is 4.90 Å². The number of hydrogen-bond donors (Lipinski definition) is 1. The Morgan fingerprint density at radius 2 is 2.30 bits per heavy atom. The fourth-order valence-corrected chi connectivity index (χ4v) is 3.51. The summed E-state index contributed by atoms with van der Waals surface area (Å²) in [5, 5.41) is 10.8. The number of imidazole rings is 1. The number of amides is 1. The van der Waals surface area contributed by atoms with E-state index in [9.17, 15) is 14.9 Å². The number of nitrogens with one attached hydrogen (secondary N) is 1. The van der Waals surface area contributed by atoms with Gasteiger partial charge < -0.3 is 9.88 Å². The molecule has 0 bridgehead atoms. The normalized spacial score (nSPS) is 26.7. The molecule has 7 heteroatoms. The first-order valence-electron chi connectivity index (χ1n) is 7.95. The summed E-state index contributed by atoms with van der Waals surface area (Å²) in [7, 11) is 0.